The summed E-state index contributed by atoms with van der Waals surface area (Å²) in [6.07, 6.45) is 7.10. The van der Waals surface area contributed by atoms with Crippen LogP contribution in [-0.4, -0.2) is 29.5 Å². The number of amides is 2. The minimum absolute atomic E-state index is 0.0448. The summed E-state index contributed by atoms with van der Waals surface area (Å²) in [5.74, 6) is 0.117. The lowest BCUT2D eigenvalue weighted by Gasteiger charge is -2.26. The molecule has 0 unspecified atom stereocenters. The number of nitrogens with zero attached hydrogens (tertiary/aromatic N) is 1. The summed E-state index contributed by atoms with van der Waals surface area (Å²) in [5, 5.41) is 0. The largest absolute Gasteiger partial charge is 0.447 e. The summed E-state index contributed by atoms with van der Waals surface area (Å²) in [5.41, 5.74) is 0. The highest BCUT2D eigenvalue weighted by atomic mass is 16.6. The Morgan fingerprint density at radius 1 is 1.43 bits per heavy atom. The lowest BCUT2D eigenvalue weighted by molar-refractivity contribution is -0.134. The van der Waals surface area contributed by atoms with E-state index < -0.39 is 6.09 Å². The van der Waals surface area contributed by atoms with Gasteiger partial charge in [0, 0.05) is 5.92 Å². The Balaban J connectivity index is 2.69. The van der Waals surface area contributed by atoms with Crippen molar-refractivity contribution in [2.24, 2.45) is 11.8 Å². The molecule has 0 radical (unpaired) electrons. The Bertz CT molecular complexity index is 365. The van der Waals surface area contributed by atoms with Crippen molar-refractivity contribution in [3.8, 4) is 0 Å². The Kier molecular flexibility index (Phi) is 7.48. The number of rotatable bonds is 9. The summed E-state index contributed by atoms with van der Waals surface area (Å²) in [6, 6.07) is -0.113. The summed E-state index contributed by atoms with van der Waals surface area (Å²) in [6.45, 7) is 10.2. The molecule has 120 valence electrons. The van der Waals surface area contributed by atoms with Crippen molar-refractivity contribution in [3.05, 3.63) is 12.7 Å². The second-order valence-corrected chi connectivity index (χ2v) is 6.16. The van der Waals surface area contributed by atoms with E-state index >= 15 is 0 Å². The molecule has 0 aromatic heterocycles. The van der Waals surface area contributed by atoms with Crippen LogP contribution in [0.4, 0.5) is 4.79 Å². The van der Waals surface area contributed by atoms with Gasteiger partial charge in [-0.15, -0.1) is 6.58 Å². The standard InChI is InChI=1S/C17H29NO3/c1-5-7-8-9-11-14(10-6-2)16(19)18-15(13(3)4)12-21-17(18)20/h5,13-15H,1,6-12H2,2-4H3/t14-,15-/m1/s1. The molecular formula is C17H29NO3. The van der Waals surface area contributed by atoms with Crippen molar-refractivity contribution in [2.45, 2.75) is 65.3 Å². The zero-order chi connectivity index (χ0) is 15.8. The van der Waals surface area contributed by atoms with Gasteiger partial charge in [0.25, 0.3) is 0 Å². The third-order valence-corrected chi connectivity index (χ3v) is 4.11. The Morgan fingerprint density at radius 2 is 2.14 bits per heavy atom. The normalized spacial score (nSPS) is 19.7. The van der Waals surface area contributed by atoms with E-state index in [4.69, 9.17) is 4.74 Å². The fraction of sp³-hybridized carbons (Fsp3) is 0.765. The van der Waals surface area contributed by atoms with Crippen LogP contribution in [-0.2, 0) is 9.53 Å². The maximum atomic E-state index is 12.7. The van der Waals surface area contributed by atoms with E-state index in [1.165, 1.54) is 4.90 Å². The molecule has 0 bridgehead atoms. The predicted molar refractivity (Wildman–Crippen MR) is 83.9 cm³/mol. The van der Waals surface area contributed by atoms with Crippen molar-refractivity contribution < 1.29 is 14.3 Å². The number of cyclic esters (lactones) is 1. The van der Waals surface area contributed by atoms with Crippen LogP contribution in [0.15, 0.2) is 12.7 Å². The zero-order valence-corrected chi connectivity index (χ0v) is 13.6. The van der Waals surface area contributed by atoms with Crippen molar-refractivity contribution >= 4 is 12.0 Å². The quantitative estimate of drug-likeness (QED) is 0.474. The van der Waals surface area contributed by atoms with E-state index in [1.807, 2.05) is 19.9 Å². The van der Waals surface area contributed by atoms with Crippen molar-refractivity contribution in [1.82, 2.24) is 4.90 Å². The molecule has 4 nitrogen and oxygen atoms in total. The van der Waals surface area contributed by atoms with Gasteiger partial charge in [0.15, 0.2) is 0 Å². The van der Waals surface area contributed by atoms with Gasteiger partial charge in [-0.3, -0.25) is 4.79 Å². The highest BCUT2D eigenvalue weighted by Crippen LogP contribution is 2.26. The summed E-state index contributed by atoms with van der Waals surface area (Å²) < 4.78 is 5.08. The number of hydrogen-bond acceptors (Lipinski definition) is 3. The highest BCUT2D eigenvalue weighted by Gasteiger charge is 2.41. The van der Waals surface area contributed by atoms with Gasteiger partial charge >= 0.3 is 6.09 Å². The van der Waals surface area contributed by atoms with E-state index in [0.717, 1.165) is 38.5 Å². The molecule has 2 atom stereocenters. The first-order chi connectivity index (χ1) is 10.0. The fourth-order valence-corrected chi connectivity index (χ4v) is 2.80. The topological polar surface area (TPSA) is 46.6 Å². The van der Waals surface area contributed by atoms with Crippen LogP contribution in [0.2, 0.25) is 0 Å². The van der Waals surface area contributed by atoms with Gasteiger partial charge in [-0.2, -0.15) is 0 Å². The smallest absolute Gasteiger partial charge is 0.416 e. The van der Waals surface area contributed by atoms with Crippen LogP contribution in [0, 0.1) is 11.8 Å². The third-order valence-electron chi connectivity index (χ3n) is 4.11. The number of carbonyl (C=O) groups is 2. The molecule has 0 aromatic carbocycles. The summed E-state index contributed by atoms with van der Waals surface area (Å²) in [4.78, 5) is 26.0. The number of ether oxygens (including phenoxy) is 1. The molecule has 1 aliphatic rings. The van der Waals surface area contributed by atoms with Gasteiger partial charge in [0.1, 0.15) is 6.61 Å². The van der Waals surface area contributed by atoms with Crippen LogP contribution in [0.25, 0.3) is 0 Å². The van der Waals surface area contributed by atoms with E-state index in [2.05, 4.69) is 13.5 Å². The van der Waals surface area contributed by atoms with Crippen LogP contribution >= 0.6 is 0 Å². The molecule has 1 heterocycles. The van der Waals surface area contributed by atoms with E-state index in [-0.39, 0.29) is 23.8 Å². The highest BCUT2D eigenvalue weighted by molar-refractivity contribution is 5.94. The SMILES string of the molecule is C=CCCCC[C@@H](CCC)C(=O)N1C(=O)OC[C@@H]1C(C)C. The maximum Gasteiger partial charge on any atom is 0.416 e. The summed E-state index contributed by atoms with van der Waals surface area (Å²) >= 11 is 0. The molecule has 1 fully saturated rings. The van der Waals surface area contributed by atoms with Crippen LogP contribution in [0.1, 0.15) is 59.3 Å². The second-order valence-electron chi connectivity index (χ2n) is 6.16. The molecular weight excluding hydrogens is 266 g/mol. The Hall–Kier alpha value is -1.32. The van der Waals surface area contributed by atoms with Crippen molar-refractivity contribution in [2.75, 3.05) is 6.61 Å². The van der Waals surface area contributed by atoms with E-state index in [0.29, 0.717) is 6.61 Å². The lowest BCUT2D eigenvalue weighted by Crippen LogP contribution is -2.44. The number of imide groups is 1. The van der Waals surface area contributed by atoms with Crippen LogP contribution < -0.4 is 0 Å². The van der Waals surface area contributed by atoms with Crippen LogP contribution in [0.5, 0.6) is 0 Å². The minimum Gasteiger partial charge on any atom is -0.447 e. The molecule has 0 saturated carbocycles. The maximum absolute atomic E-state index is 12.7. The first kappa shape index (κ1) is 17.7. The molecule has 1 saturated heterocycles. The van der Waals surface area contributed by atoms with Crippen LogP contribution in [0.3, 0.4) is 0 Å². The Morgan fingerprint density at radius 3 is 2.71 bits per heavy atom. The molecule has 1 rings (SSSR count). The second kappa shape index (κ2) is 8.85. The molecule has 21 heavy (non-hydrogen) atoms. The molecule has 0 N–H and O–H groups in total. The molecule has 0 aromatic rings. The van der Waals surface area contributed by atoms with Crippen molar-refractivity contribution in [1.29, 1.82) is 0 Å². The third kappa shape index (κ3) is 4.87. The molecule has 0 spiro atoms. The minimum atomic E-state index is -0.467. The lowest BCUT2D eigenvalue weighted by atomic mass is 9.93. The Labute approximate surface area is 128 Å². The monoisotopic (exact) mass is 295 g/mol. The predicted octanol–water partition coefficient (Wildman–Crippen LogP) is 4.15. The number of allylic oxidation sites excluding steroid dienone is 1. The number of hydrogen-bond donors (Lipinski definition) is 0. The van der Waals surface area contributed by atoms with Gasteiger partial charge in [-0.05, 0) is 31.6 Å². The fourth-order valence-electron chi connectivity index (χ4n) is 2.80. The summed E-state index contributed by atoms with van der Waals surface area (Å²) in [7, 11) is 0. The van der Waals surface area contributed by atoms with Gasteiger partial charge in [-0.1, -0.05) is 39.7 Å². The molecule has 1 aliphatic heterocycles. The first-order valence-electron chi connectivity index (χ1n) is 8.13. The number of unbranched alkanes of at least 4 members (excludes halogenated alkanes) is 2. The average molecular weight is 295 g/mol. The van der Waals surface area contributed by atoms with E-state index in [9.17, 15) is 9.59 Å². The molecule has 4 heteroatoms. The average Bonchev–Trinajstić information content (AvgIpc) is 2.83. The van der Waals surface area contributed by atoms with Gasteiger partial charge in [0.2, 0.25) is 5.91 Å². The molecule has 2 amide bonds. The first-order valence-corrected chi connectivity index (χ1v) is 8.13. The van der Waals surface area contributed by atoms with Gasteiger partial charge in [0.05, 0.1) is 6.04 Å². The number of carbonyl (C=O) groups excluding carboxylic acids is 2. The van der Waals surface area contributed by atoms with Gasteiger partial charge < -0.3 is 4.74 Å². The zero-order valence-electron chi connectivity index (χ0n) is 13.6. The molecule has 0 aliphatic carbocycles. The van der Waals surface area contributed by atoms with Gasteiger partial charge in [-0.25, -0.2) is 9.69 Å². The van der Waals surface area contributed by atoms with Crippen molar-refractivity contribution in [3.63, 3.8) is 0 Å². The van der Waals surface area contributed by atoms with E-state index in [1.54, 1.807) is 0 Å².